The summed E-state index contributed by atoms with van der Waals surface area (Å²) in [5.41, 5.74) is 0.671. The lowest BCUT2D eigenvalue weighted by Crippen LogP contribution is -2.21. The molecule has 0 saturated carbocycles. The Hall–Kier alpha value is -2.17. The van der Waals surface area contributed by atoms with Crippen molar-refractivity contribution >= 4 is 17.7 Å². The van der Waals surface area contributed by atoms with Crippen LogP contribution in [0.3, 0.4) is 0 Å². The number of carbonyl (C=O) groups is 1. The quantitative estimate of drug-likeness (QED) is 0.229. The summed E-state index contributed by atoms with van der Waals surface area (Å²) in [7, 11) is 0. The van der Waals surface area contributed by atoms with Gasteiger partial charge in [0.15, 0.2) is 0 Å². The number of non-ortho nitro benzene ring substituents is 1. The Morgan fingerprint density at radius 2 is 1.72 bits per heavy atom. The minimum atomic E-state index is -0.443. The highest BCUT2D eigenvalue weighted by Gasteiger charge is 2.04. The molecular weight excluding hydrogens is 316 g/mol. The third-order valence-electron chi connectivity index (χ3n) is 4.09. The molecule has 1 rings (SSSR count). The van der Waals surface area contributed by atoms with Crippen LogP contribution in [-0.2, 0) is 4.79 Å². The van der Waals surface area contributed by atoms with Crippen molar-refractivity contribution in [1.82, 2.24) is 5.32 Å². The molecule has 0 aliphatic heterocycles. The summed E-state index contributed by atoms with van der Waals surface area (Å²) in [4.78, 5) is 22.0. The maximum Gasteiger partial charge on any atom is 0.270 e. The number of hydrogen-bond acceptors (Lipinski definition) is 3. The van der Waals surface area contributed by atoms with Gasteiger partial charge < -0.3 is 5.32 Å². The third-order valence-corrected chi connectivity index (χ3v) is 4.09. The summed E-state index contributed by atoms with van der Waals surface area (Å²) in [5.74, 6) is -0.161. The predicted octanol–water partition coefficient (Wildman–Crippen LogP) is 5.26. The standard InChI is InChI=1S/C20H30N2O3/c1-2-3-4-5-6-7-8-9-10-16-21-20(23)15-14-18-12-11-13-19(17-18)22(24)25/h11-15,17H,2-10,16H2,1H3,(H,21,23). The van der Waals surface area contributed by atoms with Crippen LogP contribution >= 0.6 is 0 Å². The van der Waals surface area contributed by atoms with Crippen molar-refractivity contribution in [3.63, 3.8) is 0 Å². The third kappa shape index (κ3) is 10.3. The molecule has 0 aromatic heterocycles. The van der Waals surface area contributed by atoms with Gasteiger partial charge in [0.2, 0.25) is 5.91 Å². The molecule has 0 bridgehead atoms. The maximum atomic E-state index is 11.7. The Bertz CT molecular complexity index is 556. The second-order valence-electron chi connectivity index (χ2n) is 6.30. The van der Waals surface area contributed by atoms with E-state index in [9.17, 15) is 14.9 Å². The zero-order valence-corrected chi connectivity index (χ0v) is 15.2. The van der Waals surface area contributed by atoms with Crippen LogP contribution in [0, 0.1) is 10.1 Å². The van der Waals surface area contributed by atoms with Crippen LogP contribution in [0.2, 0.25) is 0 Å². The molecule has 0 fully saturated rings. The molecule has 1 aromatic rings. The number of rotatable bonds is 13. The van der Waals surface area contributed by atoms with Crippen LogP contribution in [0.1, 0.15) is 70.3 Å². The summed E-state index contributed by atoms with van der Waals surface area (Å²) in [6.45, 7) is 2.90. The van der Waals surface area contributed by atoms with Crippen LogP contribution < -0.4 is 5.32 Å². The first kappa shape index (κ1) is 20.9. The van der Waals surface area contributed by atoms with Crippen molar-refractivity contribution in [3.8, 4) is 0 Å². The highest BCUT2D eigenvalue weighted by Crippen LogP contribution is 2.14. The van der Waals surface area contributed by atoms with Crippen LogP contribution in [-0.4, -0.2) is 17.4 Å². The normalized spacial score (nSPS) is 10.9. The zero-order chi connectivity index (χ0) is 18.3. The molecule has 0 saturated heterocycles. The highest BCUT2D eigenvalue weighted by molar-refractivity contribution is 5.91. The number of carbonyl (C=O) groups excluding carboxylic acids is 1. The molecule has 0 unspecified atom stereocenters. The van der Waals surface area contributed by atoms with Crippen molar-refractivity contribution in [2.75, 3.05) is 6.54 Å². The molecule has 0 radical (unpaired) electrons. The molecule has 0 heterocycles. The van der Waals surface area contributed by atoms with E-state index in [4.69, 9.17) is 0 Å². The Kier molecular flexibility index (Phi) is 11.0. The van der Waals surface area contributed by atoms with Gasteiger partial charge in [-0.2, -0.15) is 0 Å². The van der Waals surface area contributed by atoms with E-state index in [0.717, 1.165) is 12.8 Å². The Morgan fingerprint density at radius 3 is 2.36 bits per heavy atom. The van der Waals surface area contributed by atoms with E-state index in [-0.39, 0.29) is 11.6 Å². The Morgan fingerprint density at radius 1 is 1.08 bits per heavy atom. The minimum Gasteiger partial charge on any atom is -0.353 e. The first-order valence-electron chi connectivity index (χ1n) is 9.34. The summed E-state index contributed by atoms with van der Waals surface area (Å²) in [6, 6.07) is 6.22. The monoisotopic (exact) mass is 346 g/mol. The zero-order valence-electron chi connectivity index (χ0n) is 15.2. The first-order chi connectivity index (χ1) is 12.1. The summed E-state index contributed by atoms with van der Waals surface area (Å²) >= 11 is 0. The largest absolute Gasteiger partial charge is 0.353 e. The number of benzene rings is 1. The molecule has 5 heteroatoms. The fourth-order valence-corrected chi connectivity index (χ4v) is 2.62. The van der Waals surface area contributed by atoms with E-state index in [1.807, 2.05) is 0 Å². The van der Waals surface area contributed by atoms with Crippen molar-refractivity contribution in [2.45, 2.75) is 64.7 Å². The predicted molar refractivity (Wildman–Crippen MR) is 102 cm³/mol. The van der Waals surface area contributed by atoms with Crippen molar-refractivity contribution in [1.29, 1.82) is 0 Å². The highest BCUT2D eigenvalue weighted by atomic mass is 16.6. The van der Waals surface area contributed by atoms with Crippen LogP contribution in [0.5, 0.6) is 0 Å². The van der Waals surface area contributed by atoms with Gasteiger partial charge in [-0.25, -0.2) is 0 Å². The molecule has 138 valence electrons. The summed E-state index contributed by atoms with van der Waals surface area (Å²) < 4.78 is 0. The SMILES string of the molecule is CCCCCCCCCCCNC(=O)C=Cc1cccc([N+](=O)[O-])c1. The van der Waals surface area contributed by atoms with Gasteiger partial charge in [0.1, 0.15) is 0 Å². The maximum absolute atomic E-state index is 11.7. The van der Waals surface area contributed by atoms with E-state index >= 15 is 0 Å². The molecule has 0 spiro atoms. The van der Waals surface area contributed by atoms with Gasteiger partial charge in [-0.05, 0) is 18.1 Å². The molecule has 1 amide bonds. The number of nitro benzene ring substituents is 1. The van der Waals surface area contributed by atoms with Crippen molar-refractivity contribution < 1.29 is 9.72 Å². The number of nitro groups is 1. The molecule has 1 aromatic carbocycles. The Labute approximate surface area is 150 Å². The fourth-order valence-electron chi connectivity index (χ4n) is 2.62. The Balaban J connectivity index is 2.11. The summed E-state index contributed by atoms with van der Waals surface area (Å²) in [6.07, 6.45) is 14.3. The van der Waals surface area contributed by atoms with Crippen molar-refractivity contribution in [2.24, 2.45) is 0 Å². The summed E-state index contributed by atoms with van der Waals surface area (Å²) in [5, 5.41) is 13.6. The lowest BCUT2D eigenvalue weighted by molar-refractivity contribution is -0.384. The smallest absolute Gasteiger partial charge is 0.270 e. The van der Waals surface area contributed by atoms with Crippen molar-refractivity contribution in [3.05, 3.63) is 46.0 Å². The molecular formula is C20H30N2O3. The lowest BCUT2D eigenvalue weighted by atomic mass is 10.1. The number of nitrogens with zero attached hydrogens (tertiary/aromatic N) is 1. The molecule has 0 atom stereocenters. The van der Waals surface area contributed by atoms with E-state index in [1.165, 1.54) is 63.2 Å². The van der Waals surface area contributed by atoms with Crippen LogP contribution in [0.4, 0.5) is 5.69 Å². The van der Waals surface area contributed by atoms with Gasteiger partial charge in [0, 0.05) is 24.8 Å². The van der Waals surface area contributed by atoms with E-state index in [1.54, 1.807) is 18.2 Å². The second kappa shape index (κ2) is 13.2. The second-order valence-corrected chi connectivity index (χ2v) is 6.30. The van der Waals surface area contributed by atoms with Gasteiger partial charge in [-0.3, -0.25) is 14.9 Å². The molecule has 1 N–H and O–H groups in total. The average Bonchev–Trinajstić information content (AvgIpc) is 2.61. The first-order valence-corrected chi connectivity index (χ1v) is 9.34. The molecule has 25 heavy (non-hydrogen) atoms. The number of amides is 1. The number of nitrogens with one attached hydrogen (secondary N) is 1. The van der Waals surface area contributed by atoms with Gasteiger partial charge in [-0.1, -0.05) is 70.4 Å². The van der Waals surface area contributed by atoms with Gasteiger partial charge in [0.25, 0.3) is 5.69 Å². The lowest BCUT2D eigenvalue weighted by Gasteiger charge is -2.03. The van der Waals surface area contributed by atoms with Crippen LogP contribution in [0.15, 0.2) is 30.3 Å². The van der Waals surface area contributed by atoms with Crippen LogP contribution in [0.25, 0.3) is 6.08 Å². The average molecular weight is 346 g/mol. The number of unbranched alkanes of at least 4 members (excludes halogenated alkanes) is 8. The number of hydrogen-bond donors (Lipinski definition) is 1. The van der Waals surface area contributed by atoms with E-state index in [2.05, 4.69) is 12.2 Å². The van der Waals surface area contributed by atoms with Gasteiger partial charge in [0.05, 0.1) is 4.92 Å². The molecule has 5 nitrogen and oxygen atoms in total. The topological polar surface area (TPSA) is 72.2 Å². The minimum absolute atomic E-state index is 0.0252. The fraction of sp³-hybridized carbons (Fsp3) is 0.550. The van der Waals surface area contributed by atoms with E-state index < -0.39 is 4.92 Å². The van der Waals surface area contributed by atoms with Gasteiger partial charge >= 0.3 is 0 Å². The van der Waals surface area contributed by atoms with Gasteiger partial charge in [-0.15, -0.1) is 0 Å². The molecule has 0 aliphatic carbocycles. The van der Waals surface area contributed by atoms with E-state index in [0.29, 0.717) is 12.1 Å². The molecule has 0 aliphatic rings.